The number of aromatic carboxylic acids is 1. The number of carboxylic acids is 1. The average molecular weight is 233 g/mol. The molecule has 0 saturated carbocycles. The predicted octanol–water partition coefficient (Wildman–Crippen LogP) is 0.696. The van der Waals surface area contributed by atoms with Gasteiger partial charge in [-0.1, -0.05) is 0 Å². The van der Waals surface area contributed by atoms with Crippen LogP contribution in [0.25, 0.3) is 0 Å². The third-order valence-electron chi connectivity index (χ3n) is 1.80. The minimum atomic E-state index is -3.28. The van der Waals surface area contributed by atoms with Gasteiger partial charge in [-0.05, 0) is 13.8 Å². The van der Waals surface area contributed by atoms with Crippen LogP contribution in [0.5, 0.6) is 0 Å². The Bertz CT molecular complexity index is 459. The molecule has 1 rings (SSSR count). The Balaban J connectivity index is 2.87. The van der Waals surface area contributed by atoms with Gasteiger partial charge in [-0.15, -0.1) is 0 Å². The maximum absolute atomic E-state index is 11.4. The van der Waals surface area contributed by atoms with E-state index in [0.29, 0.717) is 0 Å². The fraction of sp³-hybridized carbons (Fsp3) is 0.500. The molecule has 15 heavy (non-hydrogen) atoms. The first-order chi connectivity index (χ1) is 6.83. The summed E-state index contributed by atoms with van der Waals surface area (Å²) in [6.07, 6.45) is 1.05. The maximum atomic E-state index is 11.4. The third kappa shape index (κ3) is 2.79. The molecule has 0 bridgehead atoms. The fourth-order valence-electron chi connectivity index (χ4n) is 0.844. The molecule has 84 valence electrons. The second-order valence-corrected chi connectivity index (χ2v) is 5.86. The molecule has 0 spiro atoms. The first-order valence-corrected chi connectivity index (χ1v) is 5.93. The van der Waals surface area contributed by atoms with Gasteiger partial charge in [0, 0.05) is 0 Å². The SMILES string of the molecule is CC(C)S(=O)(=O)Cc1coc(C(=O)O)n1. The molecule has 0 fully saturated rings. The van der Waals surface area contributed by atoms with Crippen molar-refractivity contribution in [3.8, 4) is 0 Å². The molecule has 0 amide bonds. The molecular formula is C8H11NO5S. The van der Waals surface area contributed by atoms with Crippen LogP contribution >= 0.6 is 0 Å². The van der Waals surface area contributed by atoms with Crippen LogP contribution in [0.3, 0.4) is 0 Å². The fourth-order valence-corrected chi connectivity index (χ4v) is 1.72. The van der Waals surface area contributed by atoms with Gasteiger partial charge in [0.15, 0.2) is 9.84 Å². The number of hydrogen-bond acceptors (Lipinski definition) is 5. The lowest BCUT2D eigenvalue weighted by atomic mass is 10.5. The van der Waals surface area contributed by atoms with Crippen LogP contribution in [-0.2, 0) is 15.6 Å². The van der Waals surface area contributed by atoms with Gasteiger partial charge in [0.1, 0.15) is 6.26 Å². The van der Waals surface area contributed by atoms with Crippen LogP contribution in [0.2, 0.25) is 0 Å². The van der Waals surface area contributed by atoms with E-state index in [4.69, 9.17) is 5.11 Å². The first kappa shape index (κ1) is 11.7. The van der Waals surface area contributed by atoms with Gasteiger partial charge in [0.2, 0.25) is 0 Å². The molecule has 0 aliphatic carbocycles. The lowest BCUT2D eigenvalue weighted by Crippen LogP contribution is -2.16. The van der Waals surface area contributed by atoms with Crippen molar-refractivity contribution in [2.45, 2.75) is 24.9 Å². The van der Waals surface area contributed by atoms with E-state index >= 15 is 0 Å². The number of nitrogens with zero attached hydrogens (tertiary/aromatic N) is 1. The molecular weight excluding hydrogens is 222 g/mol. The maximum Gasteiger partial charge on any atom is 0.392 e. The average Bonchev–Trinajstić information content (AvgIpc) is 2.51. The van der Waals surface area contributed by atoms with Gasteiger partial charge < -0.3 is 9.52 Å². The molecule has 0 saturated heterocycles. The van der Waals surface area contributed by atoms with E-state index in [9.17, 15) is 13.2 Å². The van der Waals surface area contributed by atoms with E-state index in [2.05, 4.69) is 9.40 Å². The van der Waals surface area contributed by atoms with Gasteiger partial charge >= 0.3 is 11.9 Å². The van der Waals surface area contributed by atoms with Crippen LogP contribution in [0.15, 0.2) is 10.7 Å². The van der Waals surface area contributed by atoms with E-state index in [1.165, 1.54) is 0 Å². The summed E-state index contributed by atoms with van der Waals surface area (Å²) in [4.78, 5) is 13.9. The molecule has 1 aromatic rings. The molecule has 0 aliphatic rings. The lowest BCUT2D eigenvalue weighted by Gasteiger charge is -2.03. The van der Waals surface area contributed by atoms with Gasteiger partial charge in [-0.3, -0.25) is 0 Å². The zero-order valence-corrected chi connectivity index (χ0v) is 9.11. The van der Waals surface area contributed by atoms with Crippen molar-refractivity contribution in [3.63, 3.8) is 0 Å². The highest BCUT2D eigenvalue weighted by Crippen LogP contribution is 2.10. The number of carboxylic acid groups (broad SMARTS) is 1. The Labute approximate surface area is 86.9 Å². The molecule has 7 heteroatoms. The Morgan fingerprint density at radius 1 is 1.60 bits per heavy atom. The zero-order chi connectivity index (χ0) is 11.6. The molecule has 6 nitrogen and oxygen atoms in total. The highest BCUT2D eigenvalue weighted by atomic mass is 32.2. The summed E-state index contributed by atoms with van der Waals surface area (Å²) in [7, 11) is -3.28. The Morgan fingerprint density at radius 2 is 2.20 bits per heavy atom. The summed E-state index contributed by atoms with van der Waals surface area (Å²) in [5.41, 5.74) is 0.112. The number of oxazole rings is 1. The molecule has 0 radical (unpaired) electrons. The van der Waals surface area contributed by atoms with E-state index in [0.717, 1.165) is 6.26 Å². The minimum absolute atomic E-state index is 0.112. The third-order valence-corrected chi connectivity index (χ3v) is 3.94. The van der Waals surface area contributed by atoms with Crippen molar-refractivity contribution in [1.29, 1.82) is 0 Å². The van der Waals surface area contributed by atoms with Gasteiger partial charge in [0.05, 0.1) is 16.7 Å². The van der Waals surface area contributed by atoms with Gasteiger partial charge in [0.25, 0.3) is 0 Å². The normalized spacial score (nSPS) is 11.9. The molecule has 0 unspecified atom stereocenters. The summed E-state index contributed by atoms with van der Waals surface area (Å²) in [5, 5.41) is 7.97. The van der Waals surface area contributed by atoms with Crippen molar-refractivity contribution in [3.05, 3.63) is 17.8 Å². The summed E-state index contributed by atoms with van der Waals surface area (Å²) in [5.74, 6) is -2.12. The number of sulfone groups is 1. The molecule has 0 atom stereocenters. The van der Waals surface area contributed by atoms with Gasteiger partial charge in [-0.2, -0.15) is 0 Å². The monoisotopic (exact) mass is 233 g/mol. The summed E-state index contributed by atoms with van der Waals surface area (Å²) >= 11 is 0. The van der Waals surface area contributed by atoms with Crippen LogP contribution in [0.4, 0.5) is 0 Å². The van der Waals surface area contributed by atoms with Gasteiger partial charge in [-0.25, -0.2) is 18.2 Å². The summed E-state index contributed by atoms with van der Waals surface area (Å²) < 4.78 is 27.5. The summed E-state index contributed by atoms with van der Waals surface area (Å²) in [6, 6.07) is 0. The van der Waals surface area contributed by atoms with E-state index < -0.39 is 26.9 Å². The molecule has 1 heterocycles. The van der Waals surface area contributed by atoms with Crippen LogP contribution in [0.1, 0.15) is 30.2 Å². The zero-order valence-electron chi connectivity index (χ0n) is 8.30. The van der Waals surface area contributed by atoms with Crippen molar-refractivity contribution >= 4 is 15.8 Å². The van der Waals surface area contributed by atoms with Crippen molar-refractivity contribution in [1.82, 2.24) is 4.98 Å². The van der Waals surface area contributed by atoms with Crippen molar-refractivity contribution < 1.29 is 22.7 Å². The molecule has 1 N–H and O–H groups in total. The number of rotatable bonds is 4. The van der Waals surface area contributed by atoms with E-state index in [-0.39, 0.29) is 11.4 Å². The highest BCUT2D eigenvalue weighted by molar-refractivity contribution is 7.91. The molecule has 0 aromatic carbocycles. The van der Waals surface area contributed by atoms with E-state index in [1.54, 1.807) is 13.8 Å². The smallest absolute Gasteiger partial charge is 0.392 e. The van der Waals surface area contributed by atoms with Crippen molar-refractivity contribution in [2.24, 2.45) is 0 Å². The Kier molecular flexibility index (Phi) is 3.13. The van der Waals surface area contributed by atoms with Crippen LogP contribution in [-0.4, -0.2) is 29.7 Å². The topological polar surface area (TPSA) is 97.5 Å². The molecule has 1 aromatic heterocycles. The largest absolute Gasteiger partial charge is 0.474 e. The number of carbonyl (C=O) groups is 1. The lowest BCUT2D eigenvalue weighted by molar-refractivity contribution is 0.0653. The second-order valence-electron chi connectivity index (χ2n) is 3.31. The summed E-state index contributed by atoms with van der Waals surface area (Å²) in [6.45, 7) is 3.10. The predicted molar refractivity (Wildman–Crippen MR) is 51.2 cm³/mol. The Hall–Kier alpha value is -1.37. The number of hydrogen-bond donors (Lipinski definition) is 1. The Morgan fingerprint density at radius 3 is 2.60 bits per heavy atom. The van der Waals surface area contributed by atoms with Crippen LogP contribution < -0.4 is 0 Å². The minimum Gasteiger partial charge on any atom is -0.474 e. The quantitative estimate of drug-likeness (QED) is 0.821. The first-order valence-electron chi connectivity index (χ1n) is 4.22. The molecule has 0 aliphatic heterocycles. The van der Waals surface area contributed by atoms with E-state index in [1.807, 2.05) is 0 Å². The number of aromatic nitrogens is 1. The van der Waals surface area contributed by atoms with Crippen LogP contribution in [0, 0.1) is 0 Å². The second kappa shape index (κ2) is 4.01. The standard InChI is InChI=1S/C8H11NO5S/c1-5(2)15(12,13)4-6-3-14-7(9-6)8(10)11/h3,5H,4H2,1-2H3,(H,10,11). The highest BCUT2D eigenvalue weighted by Gasteiger charge is 2.20. The van der Waals surface area contributed by atoms with Crippen molar-refractivity contribution in [2.75, 3.05) is 0 Å².